The van der Waals surface area contributed by atoms with E-state index in [9.17, 15) is 23.1 Å². The summed E-state index contributed by atoms with van der Waals surface area (Å²) < 4.78 is 31.1. The number of carbonyl (C=O) groups excluding carboxylic acids is 2. The Kier molecular flexibility index (Phi) is 7.83. The fourth-order valence-corrected chi connectivity index (χ4v) is 3.10. The lowest BCUT2D eigenvalue weighted by atomic mass is 10.1. The summed E-state index contributed by atoms with van der Waals surface area (Å²) in [5, 5.41) is 25.7. The minimum Gasteiger partial charge on any atom is -0.508 e. The number of sulfonamides is 1. The Hall–Kier alpha value is -3.03. The third-order valence-electron chi connectivity index (χ3n) is 3.28. The first-order valence-corrected chi connectivity index (χ1v) is 9.21. The maximum Gasteiger partial charge on any atom is 0.338 e. The molecule has 0 aliphatic heterocycles. The number of hydrogen-bond acceptors (Lipinski definition) is 8. The summed E-state index contributed by atoms with van der Waals surface area (Å²) in [6, 6.07) is 6.67. The molecule has 0 bridgehead atoms. The van der Waals surface area contributed by atoms with Crippen LogP contribution in [0.15, 0.2) is 40.5 Å². The SMILES string of the molecule is CC(=N)/C(C(C)=O)=C(/O)COC(=O)c1ccc(S(=O)(=O)NCCC#N)cc1. The van der Waals surface area contributed by atoms with Gasteiger partial charge < -0.3 is 15.3 Å². The highest BCUT2D eigenvalue weighted by Crippen LogP contribution is 2.12. The number of hydrogen-bond donors (Lipinski definition) is 3. The van der Waals surface area contributed by atoms with Crippen LogP contribution in [0.2, 0.25) is 0 Å². The number of rotatable bonds is 9. The van der Waals surface area contributed by atoms with Crippen LogP contribution in [0, 0.1) is 16.7 Å². The highest BCUT2D eigenvalue weighted by molar-refractivity contribution is 7.89. The van der Waals surface area contributed by atoms with E-state index < -0.39 is 34.1 Å². The van der Waals surface area contributed by atoms with E-state index in [1.165, 1.54) is 38.1 Å². The molecule has 0 spiro atoms. The molecular formula is C17H19N3O6S. The number of ether oxygens (including phenoxy) is 1. The van der Waals surface area contributed by atoms with E-state index in [2.05, 4.69) is 4.72 Å². The standard InChI is InChI=1S/C17H19N3O6S/c1-11(19)16(12(2)21)15(22)10-26-17(23)13-4-6-14(7-5-13)27(24,25)20-9-3-8-18/h4-7,19-20,22H,3,9-10H2,1-2H3/b16-15-,19-11?. The number of nitrogens with zero attached hydrogens (tertiary/aromatic N) is 1. The number of nitrogens with one attached hydrogen (secondary N) is 2. The van der Waals surface area contributed by atoms with Crippen molar-refractivity contribution in [2.75, 3.05) is 13.2 Å². The topological polar surface area (TPSA) is 157 Å². The summed E-state index contributed by atoms with van der Waals surface area (Å²) in [5.74, 6) is -1.91. The minimum absolute atomic E-state index is 0.0259. The molecule has 0 aliphatic carbocycles. The van der Waals surface area contributed by atoms with E-state index in [-0.39, 0.29) is 34.7 Å². The summed E-state index contributed by atoms with van der Waals surface area (Å²) in [6.07, 6.45) is 0.0259. The molecule has 0 amide bonds. The van der Waals surface area contributed by atoms with Gasteiger partial charge in [0.15, 0.2) is 5.78 Å². The van der Waals surface area contributed by atoms with E-state index in [1.807, 2.05) is 6.07 Å². The summed E-state index contributed by atoms with van der Waals surface area (Å²) in [4.78, 5) is 23.3. The number of esters is 1. The normalized spacial score (nSPS) is 11.9. The van der Waals surface area contributed by atoms with Gasteiger partial charge in [-0.3, -0.25) is 4.79 Å². The third-order valence-corrected chi connectivity index (χ3v) is 4.76. The Bertz CT molecular complexity index is 895. The number of allylic oxidation sites excluding steroid dienone is 1. The van der Waals surface area contributed by atoms with Gasteiger partial charge in [-0.2, -0.15) is 5.26 Å². The van der Waals surface area contributed by atoms with Crippen LogP contribution in [-0.2, 0) is 19.6 Å². The fourth-order valence-electron chi connectivity index (χ4n) is 2.07. The number of aliphatic hydroxyl groups is 1. The Morgan fingerprint density at radius 3 is 2.33 bits per heavy atom. The molecule has 0 atom stereocenters. The molecule has 1 aromatic rings. The predicted molar refractivity (Wildman–Crippen MR) is 95.9 cm³/mol. The van der Waals surface area contributed by atoms with Crippen LogP contribution in [-0.4, -0.2) is 44.1 Å². The zero-order valence-corrected chi connectivity index (χ0v) is 15.6. The molecule has 0 heterocycles. The van der Waals surface area contributed by atoms with Gasteiger partial charge in [-0.1, -0.05) is 0 Å². The molecule has 0 fully saturated rings. The largest absolute Gasteiger partial charge is 0.508 e. The second-order valence-electron chi connectivity index (χ2n) is 5.41. The van der Waals surface area contributed by atoms with Gasteiger partial charge in [-0.05, 0) is 38.1 Å². The summed E-state index contributed by atoms with van der Waals surface area (Å²) >= 11 is 0. The van der Waals surface area contributed by atoms with Crippen molar-refractivity contribution >= 4 is 27.5 Å². The summed E-state index contributed by atoms with van der Waals surface area (Å²) in [6.45, 7) is 1.87. The van der Waals surface area contributed by atoms with E-state index in [0.29, 0.717) is 0 Å². The Labute approximate surface area is 156 Å². The maximum atomic E-state index is 12.0. The Balaban J connectivity index is 2.83. The average molecular weight is 393 g/mol. The van der Waals surface area contributed by atoms with Crippen LogP contribution in [0.1, 0.15) is 30.6 Å². The zero-order chi connectivity index (χ0) is 20.6. The molecule has 1 rings (SSSR count). The number of nitriles is 1. The summed E-state index contributed by atoms with van der Waals surface area (Å²) in [7, 11) is -3.79. The van der Waals surface area contributed by atoms with Crippen LogP contribution in [0.5, 0.6) is 0 Å². The van der Waals surface area contributed by atoms with Crippen LogP contribution in [0.4, 0.5) is 0 Å². The van der Waals surface area contributed by atoms with Gasteiger partial charge in [-0.25, -0.2) is 17.9 Å². The highest BCUT2D eigenvalue weighted by atomic mass is 32.2. The van der Waals surface area contributed by atoms with Crippen LogP contribution in [0.25, 0.3) is 0 Å². The molecule has 3 N–H and O–H groups in total. The van der Waals surface area contributed by atoms with Gasteiger partial charge in [0.05, 0.1) is 22.1 Å². The Morgan fingerprint density at radius 2 is 1.85 bits per heavy atom. The molecule has 144 valence electrons. The number of carbonyl (C=O) groups is 2. The third kappa shape index (κ3) is 6.32. The monoisotopic (exact) mass is 393 g/mol. The first-order valence-electron chi connectivity index (χ1n) is 7.72. The van der Waals surface area contributed by atoms with Gasteiger partial charge in [-0.15, -0.1) is 0 Å². The highest BCUT2D eigenvalue weighted by Gasteiger charge is 2.17. The molecule has 9 nitrogen and oxygen atoms in total. The van der Waals surface area contributed by atoms with E-state index in [1.54, 1.807) is 0 Å². The van der Waals surface area contributed by atoms with Crippen molar-refractivity contribution in [2.24, 2.45) is 0 Å². The molecule has 27 heavy (non-hydrogen) atoms. The molecule has 0 radical (unpaired) electrons. The lowest BCUT2D eigenvalue weighted by molar-refractivity contribution is -0.113. The van der Waals surface area contributed by atoms with Gasteiger partial charge in [0, 0.05) is 18.7 Å². The molecular weight excluding hydrogens is 374 g/mol. The van der Waals surface area contributed by atoms with Crippen molar-refractivity contribution in [3.63, 3.8) is 0 Å². The van der Waals surface area contributed by atoms with Crippen molar-refractivity contribution in [2.45, 2.75) is 25.2 Å². The first-order chi connectivity index (χ1) is 12.6. The van der Waals surface area contributed by atoms with Crippen LogP contribution >= 0.6 is 0 Å². The van der Waals surface area contributed by atoms with Crippen molar-refractivity contribution < 1.29 is 27.9 Å². The molecule has 0 saturated carbocycles. The van der Waals surface area contributed by atoms with E-state index >= 15 is 0 Å². The van der Waals surface area contributed by atoms with Gasteiger partial charge in [0.2, 0.25) is 10.0 Å². The van der Waals surface area contributed by atoms with Crippen LogP contribution < -0.4 is 4.72 Å². The molecule has 0 saturated heterocycles. The predicted octanol–water partition coefficient (Wildman–Crippen LogP) is 1.48. The Morgan fingerprint density at radius 1 is 1.26 bits per heavy atom. The van der Waals surface area contributed by atoms with E-state index in [0.717, 1.165) is 0 Å². The molecule has 10 heteroatoms. The van der Waals surface area contributed by atoms with Crippen molar-refractivity contribution in [3.8, 4) is 6.07 Å². The van der Waals surface area contributed by atoms with Crippen molar-refractivity contribution in [3.05, 3.63) is 41.2 Å². The van der Waals surface area contributed by atoms with Gasteiger partial charge >= 0.3 is 5.97 Å². The quantitative estimate of drug-likeness (QED) is 0.188. The second kappa shape index (κ2) is 9.61. The number of ketones is 1. The first kappa shape index (κ1) is 22.0. The van der Waals surface area contributed by atoms with Gasteiger partial charge in [0.25, 0.3) is 0 Å². The van der Waals surface area contributed by atoms with Crippen molar-refractivity contribution in [1.82, 2.24) is 4.72 Å². The lowest BCUT2D eigenvalue weighted by Crippen LogP contribution is -2.24. The molecule has 0 aliphatic rings. The lowest BCUT2D eigenvalue weighted by Gasteiger charge is -2.09. The number of aliphatic hydroxyl groups excluding tert-OH is 1. The number of Topliss-reactive ketones (excluding diaryl/α,β-unsaturated/α-hetero) is 1. The van der Waals surface area contributed by atoms with Gasteiger partial charge in [0.1, 0.15) is 12.4 Å². The van der Waals surface area contributed by atoms with E-state index in [4.69, 9.17) is 15.4 Å². The average Bonchev–Trinajstić information content (AvgIpc) is 2.59. The van der Waals surface area contributed by atoms with Crippen molar-refractivity contribution in [1.29, 1.82) is 10.7 Å². The van der Waals surface area contributed by atoms with Crippen LogP contribution in [0.3, 0.4) is 0 Å². The maximum absolute atomic E-state index is 12.0. The molecule has 0 unspecified atom stereocenters. The zero-order valence-electron chi connectivity index (χ0n) is 14.8. The number of benzene rings is 1. The molecule has 0 aromatic heterocycles. The summed E-state index contributed by atoms with van der Waals surface area (Å²) in [5.41, 5.74) is -0.350. The fraction of sp³-hybridized carbons (Fsp3) is 0.294. The molecule has 1 aromatic carbocycles. The smallest absolute Gasteiger partial charge is 0.338 e. The minimum atomic E-state index is -3.79. The second-order valence-corrected chi connectivity index (χ2v) is 7.18.